The molecule has 1 saturated carbocycles. The van der Waals surface area contributed by atoms with Crippen molar-refractivity contribution in [3.8, 4) is 0 Å². The maximum atomic E-state index is 11.3. The van der Waals surface area contributed by atoms with Crippen LogP contribution in [-0.4, -0.2) is 6.29 Å². The second-order valence-electron chi connectivity index (χ2n) is 5.14. The molecule has 0 spiro atoms. The Morgan fingerprint density at radius 1 is 1.18 bits per heavy atom. The van der Waals surface area contributed by atoms with E-state index in [9.17, 15) is 4.79 Å². The predicted octanol–water partition coefficient (Wildman–Crippen LogP) is 3.77. The van der Waals surface area contributed by atoms with E-state index in [0.29, 0.717) is 0 Å². The van der Waals surface area contributed by atoms with E-state index in [0.717, 1.165) is 19.1 Å². The van der Waals surface area contributed by atoms with Gasteiger partial charge in [0.15, 0.2) is 0 Å². The van der Waals surface area contributed by atoms with Crippen molar-refractivity contribution in [2.45, 2.75) is 31.6 Å². The molecule has 0 aromatic heterocycles. The molecule has 1 heteroatoms. The van der Waals surface area contributed by atoms with Gasteiger partial charge in [-0.1, -0.05) is 42.8 Å². The lowest BCUT2D eigenvalue weighted by Crippen LogP contribution is -2.35. The standard InChI is InChI=1S/C16H16O/c1-12-4-2-5-13-10-14(6-7-15(12)13)16(11-17)8-3-9-16/h2,4-7,10-11H,3,8-9H2,1H3. The smallest absolute Gasteiger partial charge is 0.130 e. The van der Waals surface area contributed by atoms with Crippen molar-refractivity contribution < 1.29 is 4.79 Å². The van der Waals surface area contributed by atoms with Gasteiger partial charge in [-0.05, 0) is 41.7 Å². The molecule has 1 nitrogen and oxygen atoms in total. The summed E-state index contributed by atoms with van der Waals surface area (Å²) in [6, 6.07) is 12.8. The first-order valence-electron chi connectivity index (χ1n) is 6.21. The summed E-state index contributed by atoms with van der Waals surface area (Å²) in [5, 5.41) is 2.53. The van der Waals surface area contributed by atoms with Crippen LogP contribution < -0.4 is 0 Å². The number of hydrogen-bond donors (Lipinski definition) is 0. The Bertz CT molecular complexity index is 579. The Morgan fingerprint density at radius 3 is 2.65 bits per heavy atom. The fourth-order valence-corrected chi connectivity index (χ4v) is 2.79. The van der Waals surface area contributed by atoms with E-state index in [4.69, 9.17) is 0 Å². The van der Waals surface area contributed by atoms with Crippen LogP contribution in [-0.2, 0) is 10.2 Å². The Morgan fingerprint density at radius 2 is 2.00 bits per heavy atom. The highest BCUT2D eigenvalue weighted by Crippen LogP contribution is 2.42. The van der Waals surface area contributed by atoms with Crippen LogP contribution in [0.2, 0.25) is 0 Å². The number of fused-ring (bicyclic) bond motifs is 1. The van der Waals surface area contributed by atoms with Crippen LogP contribution in [0.25, 0.3) is 10.8 Å². The van der Waals surface area contributed by atoms with Gasteiger partial charge in [-0.25, -0.2) is 0 Å². The SMILES string of the molecule is Cc1cccc2cc(C3(C=O)CCC3)ccc12. The number of carbonyl (C=O) groups is 1. The summed E-state index contributed by atoms with van der Waals surface area (Å²) in [5.41, 5.74) is 2.30. The Balaban J connectivity index is 2.17. The van der Waals surface area contributed by atoms with Crippen molar-refractivity contribution in [2.75, 3.05) is 0 Å². The average Bonchev–Trinajstić information content (AvgIpc) is 2.28. The van der Waals surface area contributed by atoms with E-state index in [-0.39, 0.29) is 5.41 Å². The van der Waals surface area contributed by atoms with Crippen LogP contribution in [0.4, 0.5) is 0 Å². The van der Waals surface area contributed by atoms with Crippen LogP contribution in [0.3, 0.4) is 0 Å². The molecule has 2 aromatic rings. The molecule has 1 fully saturated rings. The molecule has 0 saturated heterocycles. The van der Waals surface area contributed by atoms with Gasteiger partial charge in [0.2, 0.25) is 0 Å². The van der Waals surface area contributed by atoms with Gasteiger partial charge in [0.25, 0.3) is 0 Å². The molecule has 2 aromatic carbocycles. The van der Waals surface area contributed by atoms with Crippen LogP contribution in [0.5, 0.6) is 0 Å². The molecule has 1 aliphatic rings. The second kappa shape index (κ2) is 3.69. The summed E-state index contributed by atoms with van der Waals surface area (Å²) in [7, 11) is 0. The van der Waals surface area contributed by atoms with Gasteiger partial charge in [0, 0.05) is 0 Å². The normalized spacial score (nSPS) is 17.7. The third kappa shape index (κ3) is 1.49. The van der Waals surface area contributed by atoms with Gasteiger partial charge in [-0.3, -0.25) is 0 Å². The van der Waals surface area contributed by atoms with Gasteiger partial charge in [-0.2, -0.15) is 0 Å². The Kier molecular flexibility index (Phi) is 2.29. The van der Waals surface area contributed by atoms with E-state index >= 15 is 0 Å². The molecular formula is C16H16O. The van der Waals surface area contributed by atoms with Crippen LogP contribution in [0.15, 0.2) is 36.4 Å². The van der Waals surface area contributed by atoms with Crippen molar-refractivity contribution in [1.82, 2.24) is 0 Å². The second-order valence-corrected chi connectivity index (χ2v) is 5.14. The highest BCUT2D eigenvalue weighted by Gasteiger charge is 2.38. The predicted molar refractivity (Wildman–Crippen MR) is 70.3 cm³/mol. The third-order valence-corrected chi connectivity index (χ3v) is 4.14. The maximum Gasteiger partial charge on any atom is 0.130 e. The van der Waals surface area contributed by atoms with Crippen molar-refractivity contribution in [3.05, 3.63) is 47.5 Å². The fraction of sp³-hybridized carbons (Fsp3) is 0.312. The van der Waals surface area contributed by atoms with Crippen molar-refractivity contribution in [2.24, 2.45) is 0 Å². The molecule has 17 heavy (non-hydrogen) atoms. The minimum absolute atomic E-state index is 0.183. The first-order chi connectivity index (χ1) is 8.25. The molecule has 0 N–H and O–H groups in total. The molecule has 0 radical (unpaired) electrons. The number of hydrogen-bond acceptors (Lipinski definition) is 1. The van der Waals surface area contributed by atoms with Crippen LogP contribution in [0, 0.1) is 6.92 Å². The molecule has 0 heterocycles. The summed E-state index contributed by atoms with van der Waals surface area (Å²) < 4.78 is 0. The Labute approximate surface area is 101 Å². The van der Waals surface area contributed by atoms with E-state index in [1.807, 2.05) is 0 Å². The Hall–Kier alpha value is -1.63. The van der Waals surface area contributed by atoms with Gasteiger partial charge in [0.05, 0.1) is 5.41 Å². The van der Waals surface area contributed by atoms with Gasteiger partial charge >= 0.3 is 0 Å². The van der Waals surface area contributed by atoms with Gasteiger partial charge in [-0.15, -0.1) is 0 Å². The largest absolute Gasteiger partial charge is 0.302 e. The lowest BCUT2D eigenvalue weighted by Gasteiger charge is -2.37. The van der Waals surface area contributed by atoms with E-state index < -0.39 is 0 Å². The van der Waals surface area contributed by atoms with Gasteiger partial charge in [0.1, 0.15) is 6.29 Å². The van der Waals surface area contributed by atoms with Crippen LogP contribution in [0.1, 0.15) is 30.4 Å². The number of carbonyl (C=O) groups excluding carboxylic acids is 1. The van der Waals surface area contributed by atoms with Crippen molar-refractivity contribution in [1.29, 1.82) is 0 Å². The molecule has 1 aliphatic carbocycles. The molecule has 0 bridgehead atoms. The highest BCUT2D eigenvalue weighted by molar-refractivity contribution is 5.87. The number of rotatable bonds is 2. The van der Waals surface area contributed by atoms with Gasteiger partial charge < -0.3 is 4.79 Å². The topological polar surface area (TPSA) is 17.1 Å². The lowest BCUT2D eigenvalue weighted by atomic mass is 9.65. The molecular weight excluding hydrogens is 208 g/mol. The zero-order valence-electron chi connectivity index (χ0n) is 10.1. The summed E-state index contributed by atoms with van der Waals surface area (Å²) >= 11 is 0. The quantitative estimate of drug-likeness (QED) is 0.710. The summed E-state index contributed by atoms with van der Waals surface area (Å²) in [5.74, 6) is 0. The molecule has 0 amide bonds. The van der Waals surface area contributed by atoms with Crippen molar-refractivity contribution in [3.63, 3.8) is 0 Å². The zero-order valence-corrected chi connectivity index (χ0v) is 10.1. The first-order valence-corrected chi connectivity index (χ1v) is 6.21. The minimum Gasteiger partial charge on any atom is -0.302 e. The van der Waals surface area contributed by atoms with E-state index in [1.165, 1.54) is 28.3 Å². The minimum atomic E-state index is -0.183. The molecule has 0 atom stereocenters. The number of benzene rings is 2. The van der Waals surface area contributed by atoms with E-state index in [1.54, 1.807) is 0 Å². The summed E-state index contributed by atoms with van der Waals surface area (Å²) in [6.45, 7) is 2.13. The third-order valence-electron chi connectivity index (χ3n) is 4.14. The lowest BCUT2D eigenvalue weighted by molar-refractivity contribution is -0.115. The van der Waals surface area contributed by atoms with Crippen molar-refractivity contribution >= 4 is 17.1 Å². The first kappa shape index (κ1) is 10.5. The maximum absolute atomic E-state index is 11.3. The molecule has 0 aliphatic heterocycles. The summed E-state index contributed by atoms with van der Waals surface area (Å²) in [6.07, 6.45) is 4.33. The molecule has 86 valence electrons. The van der Waals surface area contributed by atoms with E-state index in [2.05, 4.69) is 43.3 Å². The zero-order chi connectivity index (χ0) is 11.9. The fourth-order valence-electron chi connectivity index (χ4n) is 2.79. The molecule has 0 unspecified atom stereocenters. The highest BCUT2D eigenvalue weighted by atomic mass is 16.1. The number of aryl methyl sites for hydroxylation is 1. The number of aldehydes is 1. The van der Waals surface area contributed by atoms with Crippen LogP contribution >= 0.6 is 0 Å². The average molecular weight is 224 g/mol. The monoisotopic (exact) mass is 224 g/mol. The summed E-state index contributed by atoms with van der Waals surface area (Å²) in [4.78, 5) is 11.3. The molecule has 3 rings (SSSR count).